The Kier molecular flexibility index (Phi) is 4.32. The highest BCUT2D eigenvalue weighted by molar-refractivity contribution is 6.30. The number of carbonyl (C=O) groups excluding carboxylic acids is 1. The van der Waals surface area contributed by atoms with Crippen LogP contribution >= 0.6 is 11.6 Å². The van der Waals surface area contributed by atoms with Crippen molar-refractivity contribution in [3.63, 3.8) is 0 Å². The van der Waals surface area contributed by atoms with Crippen LogP contribution in [0.25, 0.3) is 0 Å². The quantitative estimate of drug-likeness (QED) is 0.734. The molecule has 1 saturated carbocycles. The topological polar surface area (TPSA) is 26.3 Å². The van der Waals surface area contributed by atoms with Gasteiger partial charge in [0.25, 0.3) is 0 Å². The smallest absolute Gasteiger partial charge is 0.169 e. The maximum Gasteiger partial charge on any atom is 0.169 e. The molecule has 1 unspecified atom stereocenters. The Labute approximate surface area is 129 Å². The van der Waals surface area contributed by atoms with Gasteiger partial charge in [0.05, 0.1) is 11.2 Å². The molecule has 0 bridgehead atoms. The molecule has 1 spiro atoms. The summed E-state index contributed by atoms with van der Waals surface area (Å²) in [6.45, 7) is 0.603. The van der Waals surface area contributed by atoms with Crippen LogP contribution in [0.15, 0.2) is 18.2 Å². The van der Waals surface area contributed by atoms with Crippen molar-refractivity contribution in [1.82, 2.24) is 0 Å². The molecule has 1 saturated heterocycles. The molecule has 2 nitrogen and oxygen atoms in total. The summed E-state index contributed by atoms with van der Waals surface area (Å²) in [4.78, 5) is 12.6. The van der Waals surface area contributed by atoms with Gasteiger partial charge in [0.2, 0.25) is 0 Å². The summed E-state index contributed by atoms with van der Waals surface area (Å²) in [6, 6.07) is 4.29. The summed E-state index contributed by atoms with van der Waals surface area (Å²) in [5.74, 6) is -0.748. The van der Waals surface area contributed by atoms with Crippen LogP contribution in [0.5, 0.6) is 0 Å². The largest absolute Gasteiger partial charge is 0.375 e. The van der Waals surface area contributed by atoms with E-state index in [9.17, 15) is 9.18 Å². The van der Waals surface area contributed by atoms with Gasteiger partial charge >= 0.3 is 0 Å². The Morgan fingerprint density at radius 2 is 2.05 bits per heavy atom. The number of ketones is 1. The zero-order chi connectivity index (χ0) is 14.9. The average Bonchev–Trinajstić information content (AvgIpc) is 2.47. The van der Waals surface area contributed by atoms with Gasteiger partial charge in [-0.05, 0) is 43.9 Å². The SMILES string of the molecule is O=C(c1ccc(Cl)cc1F)C1CCOC2(CCCCC2)C1. The van der Waals surface area contributed by atoms with Gasteiger partial charge in [0.1, 0.15) is 5.82 Å². The Morgan fingerprint density at radius 3 is 2.76 bits per heavy atom. The van der Waals surface area contributed by atoms with Crippen molar-refractivity contribution in [1.29, 1.82) is 0 Å². The molecular weight excluding hydrogens is 291 g/mol. The van der Waals surface area contributed by atoms with Crippen LogP contribution in [0.2, 0.25) is 5.02 Å². The Hall–Kier alpha value is -0.930. The standard InChI is InChI=1S/C17H20ClFO2/c18-13-4-5-14(15(19)10-13)16(20)12-6-9-21-17(11-12)7-2-1-3-8-17/h4-5,10,12H,1-3,6-9,11H2. The average molecular weight is 311 g/mol. The summed E-state index contributed by atoms with van der Waals surface area (Å²) in [5.41, 5.74) is 0.0250. The van der Waals surface area contributed by atoms with E-state index in [1.54, 1.807) is 6.07 Å². The van der Waals surface area contributed by atoms with Gasteiger partial charge in [-0.25, -0.2) is 4.39 Å². The van der Waals surface area contributed by atoms with Crippen LogP contribution in [0.4, 0.5) is 4.39 Å². The lowest BCUT2D eigenvalue weighted by molar-refractivity contribution is -0.111. The summed E-state index contributed by atoms with van der Waals surface area (Å²) >= 11 is 5.75. The van der Waals surface area contributed by atoms with Gasteiger partial charge in [-0.2, -0.15) is 0 Å². The molecule has 2 aliphatic rings. The van der Waals surface area contributed by atoms with Gasteiger partial charge in [-0.1, -0.05) is 30.9 Å². The molecule has 1 aromatic rings. The van der Waals surface area contributed by atoms with E-state index in [0.29, 0.717) is 18.1 Å². The van der Waals surface area contributed by atoms with Crippen LogP contribution in [0.3, 0.4) is 0 Å². The van der Waals surface area contributed by atoms with Crippen molar-refractivity contribution >= 4 is 17.4 Å². The fourth-order valence-corrected chi connectivity index (χ4v) is 3.86. The van der Waals surface area contributed by atoms with E-state index in [4.69, 9.17) is 16.3 Å². The molecule has 21 heavy (non-hydrogen) atoms. The third kappa shape index (κ3) is 3.14. The van der Waals surface area contributed by atoms with Gasteiger partial charge in [-0.3, -0.25) is 4.79 Å². The predicted octanol–water partition coefficient (Wildman–Crippen LogP) is 4.79. The molecule has 0 aromatic heterocycles. The molecule has 1 atom stereocenters. The summed E-state index contributed by atoms with van der Waals surface area (Å²) in [6.07, 6.45) is 7.04. The fourth-order valence-electron chi connectivity index (χ4n) is 3.71. The first-order valence-electron chi connectivity index (χ1n) is 7.73. The first kappa shape index (κ1) is 15.0. The molecule has 4 heteroatoms. The number of hydrogen-bond acceptors (Lipinski definition) is 2. The monoisotopic (exact) mass is 310 g/mol. The minimum atomic E-state index is -0.517. The Balaban J connectivity index is 1.77. The van der Waals surface area contributed by atoms with Crippen molar-refractivity contribution in [3.8, 4) is 0 Å². The number of rotatable bonds is 2. The molecule has 2 fully saturated rings. The summed E-state index contributed by atoms with van der Waals surface area (Å²) < 4.78 is 20.0. The van der Waals surface area contributed by atoms with Crippen molar-refractivity contribution in [2.75, 3.05) is 6.61 Å². The number of Topliss-reactive ketones (excluding diaryl/α,β-unsaturated/α-hetero) is 1. The second-order valence-corrected chi connectivity index (χ2v) is 6.71. The van der Waals surface area contributed by atoms with E-state index in [1.807, 2.05) is 0 Å². The van der Waals surface area contributed by atoms with Crippen molar-refractivity contribution in [3.05, 3.63) is 34.6 Å². The van der Waals surface area contributed by atoms with Gasteiger partial charge < -0.3 is 4.74 Å². The highest BCUT2D eigenvalue weighted by Gasteiger charge is 2.41. The predicted molar refractivity (Wildman–Crippen MR) is 80.2 cm³/mol. The maximum atomic E-state index is 14.0. The van der Waals surface area contributed by atoms with Crippen molar-refractivity contribution in [2.45, 2.75) is 50.5 Å². The second kappa shape index (κ2) is 6.05. The second-order valence-electron chi connectivity index (χ2n) is 6.27. The van der Waals surface area contributed by atoms with Crippen LogP contribution < -0.4 is 0 Å². The summed E-state index contributed by atoms with van der Waals surface area (Å²) in [7, 11) is 0. The lowest BCUT2D eigenvalue weighted by Gasteiger charge is -2.43. The third-order valence-corrected chi connectivity index (χ3v) is 5.06. The molecule has 0 radical (unpaired) electrons. The molecule has 0 N–H and O–H groups in total. The Bertz CT molecular complexity index is 532. The Morgan fingerprint density at radius 1 is 1.29 bits per heavy atom. The minimum absolute atomic E-state index is 0.0996. The zero-order valence-electron chi connectivity index (χ0n) is 12.0. The number of hydrogen-bond donors (Lipinski definition) is 0. The van der Waals surface area contributed by atoms with E-state index >= 15 is 0 Å². The zero-order valence-corrected chi connectivity index (χ0v) is 12.8. The lowest BCUT2D eigenvalue weighted by Crippen LogP contribution is -2.43. The molecule has 114 valence electrons. The van der Waals surface area contributed by atoms with E-state index in [-0.39, 0.29) is 22.9 Å². The highest BCUT2D eigenvalue weighted by atomic mass is 35.5. The first-order chi connectivity index (χ1) is 10.1. The lowest BCUT2D eigenvalue weighted by atomic mass is 9.74. The third-order valence-electron chi connectivity index (χ3n) is 4.83. The van der Waals surface area contributed by atoms with E-state index in [1.165, 1.54) is 18.6 Å². The molecular formula is C17H20ClFO2. The van der Waals surface area contributed by atoms with E-state index in [0.717, 1.165) is 32.1 Å². The van der Waals surface area contributed by atoms with Gasteiger partial charge in [0.15, 0.2) is 5.78 Å². The molecule has 0 amide bonds. The van der Waals surface area contributed by atoms with E-state index in [2.05, 4.69) is 0 Å². The van der Waals surface area contributed by atoms with Crippen LogP contribution in [-0.2, 0) is 4.74 Å². The van der Waals surface area contributed by atoms with Gasteiger partial charge in [0, 0.05) is 17.5 Å². The number of benzene rings is 1. The van der Waals surface area contributed by atoms with Crippen LogP contribution in [0.1, 0.15) is 55.3 Å². The maximum absolute atomic E-state index is 14.0. The molecule has 3 rings (SSSR count). The van der Waals surface area contributed by atoms with Crippen molar-refractivity contribution < 1.29 is 13.9 Å². The molecule has 1 heterocycles. The van der Waals surface area contributed by atoms with Crippen LogP contribution in [-0.4, -0.2) is 18.0 Å². The van der Waals surface area contributed by atoms with Gasteiger partial charge in [-0.15, -0.1) is 0 Å². The number of halogens is 2. The molecule has 1 aliphatic heterocycles. The number of carbonyl (C=O) groups is 1. The minimum Gasteiger partial charge on any atom is -0.375 e. The molecule has 1 aromatic carbocycles. The van der Waals surface area contributed by atoms with Crippen LogP contribution in [0, 0.1) is 11.7 Å². The fraction of sp³-hybridized carbons (Fsp3) is 0.588. The number of ether oxygens (including phenoxy) is 1. The highest BCUT2D eigenvalue weighted by Crippen LogP contribution is 2.41. The first-order valence-corrected chi connectivity index (χ1v) is 8.11. The molecule has 1 aliphatic carbocycles. The van der Waals surface area contributed by atoms with Crippen molar-refractivity contribution in [2.24, 2.45) is 5.92 Å². The van der Waals surface area contributed by atoms with E-state index < -0.39 is 5.82 Å². The normalized spacial score (nSPS) is 25.0. The summed E-state index contributed by atoms with van der Waals surface area (Å²) in [5, 5.41) is 0.319.